The van der Waals surface area contributed by atoms with Gasteiger partial charge in [-0.3, -0.25) is 0 Å². The van der Waals surface area contributed by atoms with Gasteiger partial charge in [-0.1, -0.05) is 37.8 Å². The summed E-state index contributed by atoms with van der Waals surface area (Å²) < 4.78 is 0. The summed E-state index contributed by atoms with van der Waals surface area (Å²) in [4.78, 5) is 0. The van der Waals surface area contributed by atoms with Crippen LogP contribution in [0.25, 0.3) is 0 Å². The molecule has 0 heteroatoms. The van der Waals surface area contributed by atoms with Gasteiger partial charge in [0.1, 0.15) is 0 Å². The van der Waals surface area contributed by atoms with Gasteiger partial charge in [-0.2, -0.15) is 0 Å². The molecule has 12 heavy (non-hydrogen) atoms. The van der Waals surface area contributed by atoms with E-state index in [0.717, 1.165) is 12.8 Å². The Hall–Kier alpha value is -0.960. The molecule has 66 valence electrons. The van der Waals surface area contributed by atoms with Crippen LogP contribution in [0.5, 0.6) is 0 Å². The summed E-state index contributed by atoms with van der Waals surface area (Å²) in [5.74, 6) is 7.17. The first-order valence-corrected chi connectivity index (χ1v) is 4.49. The molecule has 0 aliphatic carbocycles. The van der Waals surface area contributed by atoms with E-state index in [0.29, 0.717) is 5.92 Å². The Bertz CT molecular complexity index is 190. The normalized spacial score (nSPS) is 13.8. The molecule has 0 rings (SSSR count). The van der Waals surface area contributed by atoms with Crippen molar-refractivity contribution in [3.8, 4) is 11.8 Å². The molecule has 0 bridgehead atoms. The van der Waals surface area contributed by atoms with E-state index in [2.05, 4.69) is 38.8 Å². The van der Waals surface area contributed by atoms with Crippen molar-refractivity contribution in [3.05, 3.63) is 25.3 Å². The van der Waals surface area contributed by atoms with Gasteiger partial charge in [-0.15, -0.1) is 13.2 Å². The lowest BCUT2D eigenvalue weighted by Crippen LogP contribution is -1.91. The van der Waals surface area contributed by atoms with Crippen LogP contribution in [-0.4, -0.2) is 0 Å². The van der Waals surface area contributed by atoms with Crippen molar-refractivity contribution in [1.82, 2.24) is 0 Å². The number of allylic oxidation sites excluding steroid dienone is 2. The van der Waals surface area contributed by atoms with Gasteiger partial charge in [0.15, 0.2) is 0 Å². The van der Waals surface area contributed by atoms with Crippen molar-refractivity contribution in [2.45, 2.75) is 26.7 Å². The lowest BCUT2D eigenvalue weighted by Gasteiger charge is -2.00. The van der Waals surface area contributed by atoms with Gasteiger partial charge in [0.25, 0.3) is 0 Å². The van der Waals surface area contributed by atoms with E-state index in [1.165, 1.54) is 0 Å². The predicted octanol–water partition coefficient (Wildman–Crippen LogP) is 3.41. The third-order valence-corrected chi connectivity index (χ3v) is 1.83. The minimum atomic E-state index is 0.288. The molecule has 0 saturated carbocycles. The molecule has 2 atom stereocenters. The van der Waals surface area contributed by atoms with E-state index in [4.69, 9.17) is 0 Å². The van der Waals surface area contributed by atoms with Crippen molar-refractivity contribution >= 4 is 0 Å². The molecule has 0 saturated heterocycles. The summed E-state index contributed by atoms with van der Waals surface area (Å²) in [6, 6.07) is 0. The van der Waals surface area contributed by atoms with Crippen molar-refractivity contribution in [2.75, 3.05) is 0 Å². The van der Waals surface area contributed by atoms with Gasteiger partial charge >= 0.3 is 0 Å². The second-order valence-corrected chi connectivity index (χ2v) is 2.96. The molecule has 0 aromatic rings. The van der Waals surface area contributed by atoms with Gasteiger partial charge in [-0.25, -0.2) is 0 Å². The maximum Gasteiger partial charge on any atom is 0.0414 e. The van der Waals surface area contributed by atoms with Crippen LogP contribution in [0.2, 0.25) is 0 Å². The van der Waals surface area contributed by atoms with Crippen LogP contribution >= 0.6 is 0 Å². The quantitative estimate of drug-likeness (QED) is 0.439. The number of hydrogen-bond donors (Lipinski definition) is 0. The third-order valence-electron chi connectivity index (χ3n) is 1.83. The van der Waals surface area contributed by atoms with Crippen LogP contribution in [0.1, 0.15) is 26.7 Å². The van der Waals surface area contributed by atoms with Crippen LogP contribution in [0.15, 0.2) is 25.3 Å². The highest BCUT2D eigenvalue weighted by atomic mass is 14.0. The zero-order chi connectivity index (χ0) is 9.40. The van der Waals surface area contributed by atoms with Crippen LogP contribution in [0, 0.1) is 23.7 Å². The smallest absolute Gasteiger partial charge is 0.0414 e. The van der Waals surface area contributed by atoms with Crippen molar-refractivity contribution in [3.63, 3.8) is 0 Å². The molecule has 2 unspecified atom stereocenters. The van der Waals surface area contributed by atoms with E-state index < -0.39 is 0 Å². The Morgan fingerprint density at radius 2 is 2.00 bits per heavy atom. The second-order valence-electron chi connectivity index (χ2n) is 2.96. The van der Waals surface area contributed by atoms with Crippen molar-refractivity contribution < 1.29 is 0 Å². The molecule has 0 aliphatic heterocycles. The first kappa shape index (κ1) is 11.0. The first-order chi connectivity index (χ1) is 5.74. The van der Waals surface area contributed by atoms with Crippen LogP contribution in [0.3, 0.4) is 0 Å². The maximum atomic E-state index is 3.73. The Morgan fingerprint density at radius 1 is 1.33 bits per heavy atom. The minimum Gasteiger partial charge on any atom is -0.103 e. The van der Waals surface area contributed by atoms with E-state index in [9.17, 15) is 0 Å². The molecule has 0 aromatic heterocycles. The average Bonchev–Trinajstić information content (AvgIpc) is 2.11. The van der Waals surface area contributed by atoms with Gasteiger partial charge in [0.2, 0.25) is 0 Å². The summed E-state index contributed by atoms with van der Waals surface area (Å²) in [5, 5.41) is 0. The Balaban J connectivity index is 4.03. The summed E-state index contributed by atoms with van der Waals surface area (Å²) in [7, 11) is 0. The molecular weight excluding hydrogens is 144 g/mol. The Labute approximate surface area is 76.4 Å². The van der Waals surface area contributed by atoms with E-state index in [1.807, 2.05) is 12.2 Å². The fourth-order valence-electron chi connectivity index (χ4n) is 0.745. The fraction of sp³-hybridized carbons (Fsp3) is 0.500. The average molecular weight is 162 g/mol. The van der Waals surface area contributed by atoms with Crippen molar-refractivity contribution in [2.24, 2.45) is 11.8 Å². The SMILES string of the molecule is C=CCC(C#CC(C)CC)C=C. The second kappa shape index (κ2) is 6.73. The topological polar surface area (TPSA) is 0 Å². The lowest BCUT2D eigenvalue weighted by atomic mass is 10.0. The van der Waals surface area contributed by atoms with E-state index >= 15 is 0 Å². The Kier molecular flexibility index (Phi) is 6.19. The van der Waals surface area contributed by atoms with Gasteiger partial charge in [0.05, 0.1) is 0 Å². The molecule has 0 fully saturated rings. The summed E-state index contributed by atoms with van der Waals surface area (Å²) >= 11 is 0. The van der Waals surface area contributed by atoms with Gasteiger partial charge in [0, 0.05) is 11.8 Å². The fourth-order valence-corrected chi connectivity index (χ4v) is 0.745. The summed E-state index contributed by atoms with van der Waals surface area (Å²) in [6.07, 6.45) is 5.80. The highest BCUT2D eigenvalue weighted by Gasteiger charge is 1.95. The molecule has 0 spiro atoms. The monoisotopic (exact) mass is 162 g/mol. The van der Waals surface area contributed by atoms with Gasteiger partial charge < -0.3 is 0 Å². The largest absolute Gasteiger partial charge is 0.103 e. The third kappa shape index (κ3) is 4.79. The standard InChI is InChI=1S/C12H18/c1-5-8-12(7-3)10-9-11(4)6-2/h5,7,11-12H,1,3,6,8H2,2,4H3. The summed E-state index contributed by atoms with van der Waals surface area (Å²) in [5.41, 5.74) is 0. The summed E-state index contributed by atoms with van der Waals surface area (Å²) in [6.45, 7) is 11.7. The molecular formula is C12H18. The highest BCUT2D eigenvalue weighted by Crippen LogP contribution is 2.04. The highest BCUT2D eigenvalue weighted by molar-refractivity contribution is 5.12. The minimum absolute atomic E-state index is 0.288. The van der Waals surface area contributed by atoms with E-state index in [-0.39, 0.29) is 5.92 Å². The predicted molar refractivity (Wildman–Crippen MR) is 55.7 cm³/mol. The number of hydrogen-bond acceptors (Lipinski definition) is 0. The molecule has 0 N–H and O–H groups in total. The van der Waals surface area contributed by atoms with Crippen LogP contribution in [-0.2, 0) is 0 Å². The molecule has 0 aromatic carbocycles. The number of rotatable bonds is 4. The molecule has 0 amide bonds. The van der Waals surface area contributed by atoms with Crippen LogP contribution < -0.4 is 0 Å². The molecule has 0 aliphatic rings. The Morgan fingerprint density at radius 3 is 2.42 bits per heavy atom. The van der Waals surface area contributed by atoms with Gasteiger partial charge in [-0.05, 0) is 12.8 Å². The lowest BCUT2D eigenvalue weighted by molar-refractivity contribution is 0.719. The molecule has 0 radical (unpaired) electrons. The zero-order valence-electron chi connectivity index (χ0n) is 8.14. The first-order valence-electron chi connectivity index (χ1n) is 4.49. The zero-order valence-corrected chi connectivity index (χ0v) is 8.14. The van der Waals surface area contributed by atoms with E-state index in [1.54, 1.807) is 0 Å². The molecule has 0 heterocycles. The maximum absolute atomic E-state index is 3.73. The van der Waals surface area contributed by atoms with Crippen LogP contribution in [0.4, 0.5) is 0 Å². The van der Waals surface area contributed by atoms with Crippen molar-refractivity contribution in [1.29, 1.82) is 0 Å². The molecule has 0 nitrogen and oxygen atoms in total.